The van der Waals surface area contributed by atoms with Crippen LogP contribution in [0, 0.1) is 11.3 Å². The van der Waals surface area contributed by atoms with Crippen molar-refractivity contribution >= 4 is 34.4 Å². The molecule has 0 spiro atoms. The second-order valence-electron chi connectivity index (χ2n) is 15.9. The fourth-order valence-electron chi connectivity index (χ4n) is 8.78. The van der Waals surface area contributed by atoms with Gasteiger partial charge in [-0.2, -0.15) is 0 Å². The number of rotatable bonds is 6. The Hall–Kier alpha value is -4.22. The minimum absolute atomic E-state index is 0.124. The van der Waals surface area contributed by atoms with Crippen LogP contribution >= 0.6 is 0 Å². The van der Waals surface area contributed by atoms with Gasteiger partial charge >= 0.3 is 0 Å². The van der Waals surface area contributed by atoms with Crippen molar-refractivity contribution < 1.29 is 14.4 Å². The van der Waals surface area contributed by atoms with E-state index < -0.39 is 0 Å². The molecular formula is C39H50N8O3. The maximum Gasteiger partial charge on any atom is 0.253 e. The molecule has 3 saturated heterocycles. The number of allylic oxidation sites excluding steroid dienone is 1. The number of amides is 3. The zero-order valence-electron chi connectivity index (χ0n) is 29.4. The van der Waals surface area contributed by atoms with Crippen molar-refractivity contribution in [2.24, 2.45) is 11.3 Å². The molecule has 5 aliphatic rings. The Balaban J connectivity index is 0.836. The molecule has 11 nitrogen and oxygen atoms in total. The van der Waals surface area contributed by atoms with Crippen LogP contribution in [-0.2, 0) is 9.59 Å². The van der Waals surface area contributed by atoms with Crippen LogP contribution in [0.5, 0.6) is 0 Å². The van der Waals surface area contributed by atoms with Gasteiger partial charge in [0, 0.05) is 74.4 Å². The van der Waals surface area contributed by atoms with Crippen LogP contribution in [0.25, 0.3) is 10.9 Å². The zero-order chi connectivity index (χ0) is 34.4. The fourth-order valence-corrected chi connectivity index (χ4v) is 8.78. The number of nitrogens with one attached hydrogen (secondary N) is 4. The minimum Gasteiger partial charge on any atom is -0.357 e. The van der Waals surface area contributed by atoms with Crippen molar-refractivity contribution in [1.29, 1.82) is 0 Å². The van der Waals surface area contributed by atoms with Crippen molar-refractivity contribution in [3.63, 3.8) is 0 Å². The van der Waals surface area contributed by atoms with E-state index in [1.165, 1.54) is 17.7 Å². The zero-order valence-corrected chi connectivity index (χ0v) is 29.4. The molecular weight excluding hydrogens is 628 g/mol. The lowest BCUT2D eigenvalue weighted by Gasteiger charge is -2.34. The molecule has 0 bridgehead atoms. The van der Waals surface area contributed by atoms with Crippen molar-refractivity contribution in [2.45, 2.75) is 77.2 Å². The van der Waals surface area contributed by atoms with Gasteiger partial charge in [-0.1, -0.05) is 19.9 Å². The van der Waals surface area contributed by atoms with Crippen LogP contribution in [0.15, 0.2) is 53.9 Å². The first-order chi connectivity index (χ1) is 24.2. The normalized spacial score (nSPS) is 25.0. The summed E-state index contributed by atoms with van der Waals surface area (Å²) in [6.45, 7) is 11.1. The highest BCUT2D eigenvalue weighted by Gasteiger charge is 2.36. The van der Waals surface area contributed by atoms with E-state index in [9.17, 15) is 14.4 Å². The number of carbonyl (C=O) groups excluding carboxylic acids is 3. The molecule has 6 heterocycles. The molecule has 2 atom stereocenters. The molecule has 1 aromatic carbocycles. The number of anilines is 1. The van der Waals surface area contributed by atoms with Crippen LogP contribution in [0.3, 0.4) is 0 Å². The molecule has 4 N–H and O–H groups in total. The summed E-state index contributed by atoms with van der Waals surface area (Å²) in [6, 6.07) is 12.4. The number of hydrazine groups is 1. The minimum atomic E-state index is -0.298. The summed E-state index contributed by atoms with van der Waals surface area (Å²) >= 11 is 0. The summed E-state index contributed by atoms with van der Waals surface area (Å²) in [6.07, 6.45) is 9.15. The molecule has 2 unspecified atom stereocenters. The summed E-state index contributed by atoms with van der Waals surface area (Å²) in [5.41, 5.74) is 13.9. The van der Waals surface area contributed by atoms with Crippen LogP contribution in [0.4, 0.5) is 5.82 Å². The molecule has 2 aromatic heterocycles. The van der Waals surface area contributed by atoms with Crippen molar-refractivity contribution in [3.8, 4) is 0 Å². The van der Waals surface area contributed by atoms with E-state index in [2.05, 4.69) is 61.9 Å². The van der Waals surface area contributed by atoms with Gasteiger partial charge in [-0.25, -0.2) is 10.4 Å². The molecule has 4 aliphatic heterocycles. The van der Waals surface area contributed by atoms with Crippen LogP contribution in [0.1, 0.15) is 98.8 Å². The lowest BCUT2D eigenvalue weighted by molar-refractivity contribution is -0.134. The summed E-state index contributed by atoms with van der Waals surface area (Å²) in [4.78, 5) is 52.9. The monoisotopic (exact) mass is 678 g/mol. The third-order valence-corrected chi connectivity index (χ3v) is 11.8. The number of likely N-dealkylation sites (tertiary alicyclic amines) is 1. The highest BCUT2D eigenvalue weighted by Crippen LogP contribution is 2.44. The van der Waals surface area contributed by atoms with Gasteiger partial charge in [0.1, 0.15) is 5.82 Å². The quantitative estimate of drug-likeness (QED) is 0.275. The fraction of sp³-hybridized carbons (Fsp3) is 0.538. The van der Waals surface area contributed by atoms with E-state index >= 15 is 0 Å². The number of carbonyl (C=O) groups is 3. The number of aromatic amines is 1. The Labute approximate surface area is 294 Å². The summed E-state index contributed by atoms with van der Waals surface area (Å²) in [7, 11) is 0. The standard InChI is InChI=1S/C39H50N8O3/c1-39(2)12-8-30-33(23-39)43-44-36(30)32-20-27-4-5-28(21-31(27)41-32)38(50)47-16-10-25(11-17-47)24-45-14-3-15-46(19-18-45)34-22-26(9-13-40-34)29-6-7-35(48)42-37(29)49/h4-5,9,13,20-22,25,29,36,41,43-44H,3,6-8,10-12,14-19,23-24H2,1-2H3,(H,42,48,49). The van der Waals surface area contributed by atoms with Crippen molar-refractivity contribution in [1.82, 2.24) is 35.9 Å². The number of piperidine rings is 2. The van der Waals surface area contributed by atoms with Crippen molar-refractivity contribution in [3.05, 3.63) is 70.7 Å². The van der Waals surface area contributed by atoms with Gasteiger partial charge < -0.3 is 25.1 Å². The maximum absolute atomic E-state index is 13.6. The first-order valence-corrected chi connectivity index (χ1v) is 18.6. The van der Waals surface area contributed by atoms with Crippen LogP contribution < -0.4 is 21.1 Å². The van der Waals surface area contributed by atoms with E-state index in [-0.39, 0.29) is 29.7 Å². The Bertz CT molecular complexity index is 1820. The molecule has 0 saturated carbocycles. The van der Waals surface area contributed by atoms with Crippen molar-refractivity contribution in [2.75, 3.05) is 50.7 Å². The highest BCUT2D eigenvalue weighted by atomic mass is 16.2. The molecule has 3 aromatic rings. The van der Waals surface area contributed by atoms with Gasteiger partial charge in [-0.15, -0.1) is 0 Å². The third kappa shape index (κ3) is 6.77. The molecule has 3 fully saturated rings. The summed E-state index contributed by atoms with van der Waals surface area (Å²) < 4.78 is 0. The second kappa shape index (κ2) is 13.5. The number of hydrogen-bond acceptors (Lipinski definition) is 8. The van der Waals surface area contributed by atoms with E-state index in [1.807, 2.05) is 29.2 Å². The van der Waals surface area contributed by atoms with Crippen LogP contribution in [-0.4, -0.2) is 83.3 Å². The molecule has 0 radical (unpaired) electrons. The number of fused-ring (bicyclic) bond motifs is 1. The predicted molar refractivity (Wildman–Crippen MR) is 193 cm³/mol. The maximum atomic E-state index is 13.6. The summed E-state index contributed by atoms with van der Waals surface area (Å²) in [5, 5.41) is 3.61. The number of aromatic nitrogens is 2. The topological polar surface area (TPSA) is 126 Å². The SMILES string of the molecule is CC1(C)CCC2=C(C1)NNC2c1cc2ccc(C(=O)N3CCC(CN4CCCN(c5cc(C6CCC(=O)NC6=O)ccn5)CC4)CC3)cc2[nH]1. The predicted octanol–water partition coefficient (Wildman–Crippen LogP) is 4.76. The molecule has 264 valence electrons. The molecule has 8 rings (SSSR count). The largest absolute Gasteiger partial charge is 0.357 e. The first kappa shape index (κ1) is 33.0. The Morgan fingerprint density at radius 3 is 2.66 bits per heavy atom. The molecule has 3 amide bonds. The van der Waals surface area contributed by atoms with Crippen LogP contribution in [0.2, 0.25) is 0 Å². The molecule has 11 heteroatoms. The number of pyridine rings is 1. The van der Waals surface area contributed by atoms with Gasteiger partial charge in [0.25, 0.3) is 5.91 Å². The third-order valence-electron chi connectivity index (χ3n) is 11.8. The average molecular weight is 679 g/mol. The average Bonchev–Trinajstić information content (AvgIpc) is 3.64. The Morgan fingerprint density at radius 1 is 0.960 bits per heavy atom. The highest BCUT2D eigenvalue weighted by molar-refractivity contribution is 6.01. The summed E-state index contributed by atoms with van der Waals surface area (Å²) in [5.74, 6) is 0.904. The first-order valence-electron chi connectivity index (χ1n) is 18.6. The van der Waals surface area contributed by atoms with Gasteiger partial charge in [0.2, 0.25) is 11.8 Å². The second-order valence-corrected chi connectivity index (χ2v) is 15.9. The van der Waals surface area contributed by atoms with Gasteiger partial charge in [-0.05, 0) is 110 Å². The van der Waals surface area contributed by atoms with E-state index in [4.69, 9.17) is 0 Å². The van der Waals surface area contributed by atoms with E-state index in [0.717, 1.165) is 111 Å². The van der Waals surface area contributed by atoms with Gasteiger partial charge in [0.15, 0.2) is 0 Å². The number of nitrogens with zero attached hydrogens (tertiary/aromatic N) is 4. The smallest absolute Gasteiger partial charge is 0.253 e. The number of H-pyrrole nitrogens is 1. The lowest BCUT2D eigenvalue weighted by atomic mass is 9.75. The Kier molecular flexibility index (Phi) is 8.89. The molecule has 1 aliphatic carbocycles. The van der Waals surface area contributed by atoms with E-state index in [0.29, 0.717) is 24.2 Å². The number of imide groups is 1. The molecule has 50 heavy (non-hydrogen) atoms. The lowest BCUT2D eigenvalue weighted by Crippen LogP contribution is -2.42. The number of benzene rings is 1. The van der Waals surface area contributed by atoms with E-state index in [1.54, 1.807) is 6.20 Å². The van der Waals surface area contributed by atoms with Gasteiger partial charge in [0.05, 0.1) is 12.0 Å². The Morgan fingerprint density at radius 2 is 1.82 bits per heavy atom. The number of hydrogen-bond donors (Lipinski definition) is 4. The van der Waals surface area contributed by atoms with Gasteiger partial charge in [-0.3, -0.25) is 19.7 Å².